The van der Waals surface area contributed by atoms with E-state index in [1.807, 2.05) is 0 Å². The number of esters is 2. The van der Waals surface area contributed by atoms with Crippen LogP contribution in [0.1, 0.15) is 20.3 Å². The number of hydrogen-bond donors (Lipinski definition) is 4. The molecule has 31 heavy (non-hydrogen) atoms. The van der Waals surface area contributed by atoms with Crippen molar-refractivity contribution >= 4 is 23.9 Å². The first-order valence-electron chi connectivity index (χ1n) is 9.61. The molecule has 13 heteroatoms. The number of quaternary nitrogens is 1. The van der Waals surface area contributed by atoms with Gasteiger partial charge in [-0.15, -0.1) is 0 Å². The summed E-state index contributed by atoms with van der Waals surface area (Å²) in [6.07, 6.45) is -6.67. The van der Waals surface area contributed by atoms with Crippen molar-refractivity contribution < 1.29 is 57.9 Å². The Labute approximate surface area is 176 Å². The minimum absolute atomic E-state index is 0.128. The van der Waals surface area contributed by atoms with Crippen molar-refractivity contribution in [1.82, 2.24) is 5.32 Å². The maximum absolute atomic E-state index is 13.0. The largest absolute Gasteiger partial charge is 0.463 e. The van der Waals surface area contributed by atoms with Gasteiger partial charge >= 0.3 is 18.0 Å². The predicted octanol–water partition coefficient (Wildman–Crippen LogP) is -2.38. The van der Waals surface area contributed by atoms with E-state index in [1.165, 1.54) is 0 Å². The Morgan fingerprint density at radius 3 is 2.45 bits per heavy atom. The molecule has 0 aromatic carbocycles. The fourth-order valence-corrected chi connectivity index (χ4v) is 3.98. The van der Waals surface area contributed by atoms with Gasteiger partial charge in [-0.25, -0.2) is 10.1 Å². The molecule has 0 aromatic heterocycles. The summed E-state index contributed by atoms with van der Waals surface area (Å²) in [5.41, 5.74) is 0. The van der Waals surface area contributed by atoms with Crippen LogP contribution in [-0.2, 0) is 33.3 Å². The van der Waals surface area contributed by atoms with E-state index in [-0.39, 0.29) is 13.0 Å². The number of nitrogens with one attached hydrogen (secondary N) is 1. The lowest BCUT2D eigenvalue weighted by molar-refractivity contribution is -0.901. The standard InChI is InChI=1S/C18H24N2O11/c1-8(22)28-7-12-16(29-9(2)23)15(26)17(31-12)20(4-3-13(25)19-18(20)27)14-5-10(24)11(6-21)30-14/h3-4,10-12,14-17,21,24,26H,5-7H2,1-2H3/p+1/t10-,11+,12+,14+,15+,16+,17+,20?/m0/s1. The smallest absolute Gasteiger partial charge is 0.432 e. The molecule has 0 bridgehead atoms. The molecule has 13 nitrogen and oxygen atoms in total. The first-order valence-corrected chi connectivity index (χ1v) is 9.61. The highest BCUT2D eigenvalue weighted by molar-refractivity contribution is 6.00. The van der Waals surface area contributed by atoms with Gasteiger partial charge in [0, 0.05) is 13.8 Å². The van der Waals surface area contributed by atoms with Crippen LogP contribution in [-0.4, -0.2) is 99.9 Å². The highest BCUT2D eigenvalue weighted by Crippen LogP contribution is 2.40. The Balaban J connectivity index is 1.99. The Bertz CT molecular complexity index is 786. The highest BCUT2D eigenvalue weighted by atomic mass is 16.6. The van der Waals surface area contributed by atoms with Crippen LogP contribution in [0, 0.1) is 0 Å². The zero-order chi connectivity index (χ0) is 22.9. The molecule has 4 N–H and O–H groups in total. The monoisotopic (exact) mass is 445 g/mol. The Morgan fingerprint density at radius 1 is 1.19 bits per heavy atom. The third-order valence-electron chi connectivity index (χ3n) is 5.40. The molecule has 2 fully saturated rings. The highest BCUT2D eigenvalue weighted by Gasteiger charge is 2.65. The molecule has 3 heterocycles. The molecule has 3 rings (SSSR count). The van der Waals surface area contributed by atoms with Gasteiger partial charge in [-0.1, -0.05) is 0 Å². The van der Waals surface area contributed by atoms with Crippen LogP contribution in [0.25, 0.3) is 0 Å². The molecule has 3 aliphatic heterocycles. The van der Waals surface area contributed by atoms with Gasteiger partial charge in [0.1, 0.15) is 25.0 Å². The fraction of sp³-hybridized carbons (Fsp3) is 0.667. The summed E-state index contributed by atoms with van der Waals surface area (Å²) in [6.45, 7) is 1.37. The summed E-state index contributed by atoms with van der Waals surface area (Å²) < 4.78 is 20.6. The zero-order valence-electron chi connectivity index (χ0n) is 16.9. The van der Waals surface area contributed by atoms with Gasteiger partial charge < -0.3 is 34.3 Å². The number of aliphatic hydroxyl groups excluding tert-OH is 3. The van der Waals surface area contributed by atoms with Gasteiger partial charge in [0.25, 0.3) is 5.91 Å². The number of urea groups is 1. The van der Waals surface area contributed by atoms with E-state index in [4.69, 9.17) is 18.9 Å². The number of carbonyl (C=O) groups excluding carboxylic acids is 4. The molecule has 8 atom stereocenters. The minimum atomic E-state index is -1.60. The number of amides is 3. The number of carbonyl (C=O) groups is 4. The molecule has 3 aliphatic rings. The summed E-state index contributed by atoms with van der Waals surface area (Å²) in [5, 5.41) is 32.7. The summed E-state index contributed by atoms with van der Waals surface area (Å²) >= 11 is 0. The molecule has 0 radical (unpaired) electrons. The van der Waals surface area contributed by atoms with E-state index in [0.29, 0.717) is 0 Å². The van der Waals surface area contributed by atoms with Gasteiger partial charge in [0.2, 0.25) is 12.5 Å². The van der Waals surface area contributed by atoms with E-state index in [9.17, 15) is 34.5 Å². The Hall–Kier alpha value is -2.42. The average Bonchev–Trinajstić information content (AvgIpc) is 3.21. The second kappa shape index (κ2) is 8.98. The third kappa shape index (κ3) is 4.33. The summed E-state index contributed by atoms with van der Waals surface area (Å²) in [5.74, 6) is -2.09. The third-order valence-corrected chi connectivity index (χ3v) is 5.40. The number of ether oxygens (including phenoxy) is 4. The molecule has 0 spiro atoms. The Morgan fingerprint density at radius 2 is 1.90 bits per heavy atom. The predicted molar refractivity (Wildman–Crippen MR) is 96.2 cm³/mol. The minimum Gasteiger partial charge on any atom is -0.463 e. The number of nitrogens with zero attached hydrogens (tertiary/aromatic N) is 1. The number of aliphatic hydroxyl groups is 3. The van der Waals surface area contributed by atoms with Gasteiger partial charge in [0.05, 0.1) is 25.2 Å². The Kier molecular flexibility index (Phi) is 6.73. The van der Waals surface area contributed by atoms with Crippen molar-refractivity contribution in [3.8, 4) is 0 Å². The number of hydrogen-bond acceptors (Lipinski definition) is 11. The second-order valence-corrected chi connectivity index (χ2v) is 7.49. The lowest BCUT2D eigenvalue weighted by Crippen LogP contribution is -2.69. The number of imide groups is 1. The van der Waals surface area contributed by atoms with Crippen LogP contribution in [0.5, 0.6) is 0 Å². The summed E-state index contributed by atoms with van der Waals surface area (Å²) in [4.78, 5) is 47.5. The lowest BCUT2D eigenvalue weighted by atomic mass is 10.1. The van der Waals surface area contributed by atoms with Crippen molar-refractivity contribution in [2.45, 2.75) is 63.2 Å². The molecule has 3 amide bonds. The molecule has 2 saturated heterocycles. The van der Waals surface area contributed by atoms with E-state index in [0.717, 1.165) is 26.1 Å². The quantitative estimate of drug-likeness (QED) is 0.253. The van der Waals surface area contributed by atoms with Crippen LogP contribution >= 0.6 is 0 Å². The van der Waals surface area contributed by atoms with Crippen LogP contribution in [0.4, 0.5) is 4.79 Å². The first-order chi connectivity index (χ1) is 14.6. The molecule has 0 saturated carbocycles. The van der Waals surface area contributed by atoms with Crippen molar-refractivity contribution in [2.75, 3.05) is 13.2 Å². The summed E-state index contributed by atoms with van der Waals surface area (Å²) in [7, 11) is 0. The maximum atomic E-state index is 13.0. The van der Waals surface area contributed by atoms with Crippen LogP contribution in [0.3, 0.4) is 0 Å². The molecular weight excluding hydrogens is 420 g/mol. The molecule has 172 valence electrons. The average molecular weight is 445 g/mol. The van der Waals surface area contributed by atoms with Crippen molar-refractivity contribution in [3.63, 3.8) is 0 Å². The van der Waals surface area contributed by atoms with Gasteiger partial charge in [-0.2, -0.15) is 4.48 Å². The zero-order valence-corrected chi connectivity index (χ0v) is 16.9. The molecular formula is C18H25N2O11+. The van der Waals surface area contributed by atoms with Crippen molar-refractivity contribution in [1.29, 1.82) is 0 Å². The van der Waals surface area contributed by atoms with E-state index < -0.39 is 77.9 Å². The van der Waals surface area contributed by atoms with Crippen molar-refractivity contribution in [2.24, 2.45) is 0 Å². The van der Waals surface area contributed by atoms with Crippen LogP contribution in [0.15, 0.2) is 12.3 Å². The number of rotatable bonds is 6. The van der Waals surface area contributed by atoms with Crippen LogP contribution < -0.4 is 5.32 Å². The van der Waals surface area contributed by atoms with E-state index in [2.05, 4.69) is 5.32 Å². The SMILES string of the molecule is CC(=O)OC[C@H]1O[C@@H]([N+]2([C@H]3C[C@H](O)[C@@H](CO)O3)C=CC(=O)NC2=O)[C@H](O)[C@@H]1OC(C)=O. The van der Waals surface area contributed by atoms with Gasteiger partial charge in [-0.3, -0.25) is 14.4 Å². The van der Waals surface area contributed by atoms with Gasteiger partial charge in [0.15, 0.2) is 12.2 Å². The maximum Gasteiger partial charge on any atom is 0.432 e. The molecule has 1 unspecified atom stereocenters. The topological polar surface area (TPSA) is 178 Å². The second-order valence-electron chi connectivity index (χ2n) is 7.49. The fourth-order valence-electron chi connectivity index (χ4n) is 3.98. The molecule has 0 aromatic rings. The lowest BCUT2D eigenvalue weighted by Gasteiger charge is -2.42. The van der Waals surface area contributed by atoms with Crippen LogP contribution in [0.2, 0.25) is 0 Å². The normalized spacial score (nSPS) is 40.0. The van der Waals surface area contributed by atoms with Gasteiger partial charge in [-0.05, 0) is 0 Å². The summed E-state index contributed by atoms with van der Waals surface area (Å²) in [6, 6.07) is -0.915. The van der Waals surface area contributed by atoms with E-state index >= 15 is 0 Å². The van der Waals surface area contributed by atoms with E-state index in [1.54, 1.807) is 0 Å². The first kappa shape index (κ1) is 23.2. The van der Waals surface area contributed by atoms with Crippen molar-refractivity contribution in [3.05, 3.63) is 12.3 Å². The molecule has 0 aliphatic carbocycles.